The van der Waals surface area contributed by atoms with Crippen molar-refractivity contribution in [3.8, 4) is 0 Å². The van der Waals surface area contributed by atoms with Gasteiger partial charge in [-0.1, -0.05) is 6.07 Å². The zero-order chi connectivity index (χ0) is 21.3. The lowest BCUT2D eigenvalue weighted by Gasteiger charge is -2.11. The first-order valence-electron chi connectivity index (χ1n) is 9.31. The van der Waals surface area contributed by atoms with E-state index in [1.807, 2.05) is 6.92 Å². The average molecular weight is 410 g/mol. The summed E-state index contributed by atoms with van der Waals surface area (Å²) < 4.78 is 37.4. The van der Waals surface area contributed by atoms with Crippen molar-refractivity contribution in [2.75, 3.05) is 37.2 Å². The van der Waals surface area contributed by atoms with Gasteiger partial charge in [0.25, 0.3) is 5.91 Å². The molecule has 158 valence electrons. The van der Waals surface area contributed by atoms with Gasteiger partial charge in [-0.25, -0.2) is 4.98 Å². The number of carbonyl (C=O) groups is 1. The quantitative estimate of drug-likeness (QED) is 0.449. The van der Waals surface area contributed by atoms with E-state index >= 15 is 0 Å². The Labute approximate surface area is 167 Å². The minimum absolute atomic E-state index is 0.206. The summed E-state index contributed by atoms with van der Waals surface area (Å²) in [6.45, 7) is 4.33. The Morgan fingerprint density at radius 1 is 1.14 bits per heavy atom. The molecule has 0 radical (unpaired) electrons. The number of halogens is 3. The van der Waals surface area contributed by atoms with Gasteiger partial charge >= 0.3 is 6.18 Å². The Morgan fingerprint density at radius 3 is 2.59 bits per heavy atom. The highest BCUT2D eigenvalue weighted by Crippen LogP contribution is 2.27. The number of alkyl halides is 3. The van der Waals surface area contributed by atoms with Gasteiger partial charge in [0.15, 0.2) is 0 Å². The summed E-state index contributed by atoms with van der Waals surface area (Å²) in [4.78, 5) is 19.3. The summed E-state index contributed by atoms with van der Waals surface area (Å²) in [5.74, 6) is 0.114. The molecule has 0 aliphatic heterocycles. The van der Waals surface area contributed by atoms with Gasteiger partial charge in [-0.2, -0.15) is 13.2 Å². The van der Waals surface area contributed by atoms with Crippen molar-refractivity contribution in [1.82, 2.24) is 20.6 Å². The van der Waals surface area contributed by atoms with E-state index < -0.39 is 11.9 Å². The molecule has 2 heterocycles. The van der Waals surface area contributed by atoms with Crippen LogP contribution in [0.15, 0.2) is 30.6 Å². The highest BCUT2D eigenvalue weighted by molar-refractivity contribution is 5.95. The molecule has 0 bridgehead atoms. The normalized spacial score (nSPS) is 11.3. The van der Waals surface area contributed by atoms with Crippen LogP contribution in [0, 0.1) is 0 Å². The molecule has 2 aromatic heterocycles. The van der Waals surface area contributed by atoms with Crippen molar-refractivity contribution in [2.24, 2.45) is 0 Å². The van der Waals surface area contributed by atoms with E-state index in [0.717, 1.165) is 18.1 Å². The number of nitrogens with two attached hydrogens (primary N) is 1. The second kappa shape index (κ2) is 10.6. The van der Waals surface area contributed by atoms with Crippen molar-refractivity contribution < 1.29 is 18.0 Å². The zero-order valence-corrected chi connectivity index (χ0v) is 16.1. The Hall–Kier alpha value is -2.88. The summed E-state index contributed by atoms with van der Waals surface area (Å²) >= 11 is 0. The van der Waals surface area contributed by atoms with Gasteiger partial charge in [0, 0.05) is 25.5 Å². The molecular formula is C19H25F3N6O. The predicted molar refractivity (Wildman–Crippen MR) is 106 cm³/mol. The molecule has 0 aliphatic rings. The third kappa shape index (κ3) is 7.22. The van der Waals surface area contributed by atoms with E-state index in [9.17, 15) is 18.0 Å². The van der Waals surface area contributed by atoms with Gasteiger partial charge in [-0.15, -0.1) is 0 Å². The van der Waals surface area contributed by atoms with Crippen molar-refractivity contribution in [1.29, 1.82) is 0 Å². The number of amides is 1. The van der Waals surface area contributed by atoms with Crippen LogP contribution in [-0.2, 0) is 12.6 Å². The lowest BCUT2D eigenvalue weighted by molar-refractivity contribution is -0.141. The van der Waals surface area contributed by atoms with Crippen LogP contribution in [-0.4, -0.2) is 42.1 Å². The first kappa shape index (κ1) is 22.4. The fourth-order valence-electron chi connectivity index (χ4n) is 2.54. The molecule has 7 nitrogen and oxygen atoms in total. The largest absolute Gasteiger partial charge is 0.433 e. The number of pyridine rings is 2. The third-order valence-electron chi connectivity index (χ3n) is 4.07. The summed E-state index contributed by atoms with van der Waals surface area (Å²) in [5, 5.41) is 9.09. The van der Waals surface area contributed by atoms with E-state index in [-0.39, 0.29) is 5.91 Å². The van der Waals surface area contributed by atoms with E-state index in [1.165, 1.54) is 18.5 Å². The topological polar surface area (TPSA) is 105 Å². The van der Waals surface area contributed by atoms with Gasteiger partial charge in [-0.3, -0.25) is 9.78 Å². The van der Waals surface area contributed by atoms with Crippen LogP contribution in [0.25, 0.3) is 0 Å². The van der Waals surface area contributed by atoms with Gasteiger partial charge in [-0.05, 0) is 50.6 Å². The molecule has 2 rings (SSSR count). The molecule has 2 aromatic rings. The Morgan fingerprint density at radius 2 is 1.93 bits per heavy atom. The summed E-state index contributed by atoms with van der Waals surface area (Å²) in [7, 11) is 0. The van der Waals surface area contributed by atoms with Gasteiger partial charge in [0.2, 0.25) is 0 Å². The second-order valence-electron chi connectivity index (χ2n) is 6.35. The SMILES string of the molecule is CCNC(=O)c1cnc(N)c(NCCCNCCc2ccc(C(F)(F)F)nc2)c1. The molecule has 0 aromatic carbocycles. The van der Waals surface area contributed by atoms with E-state index in [1.54, 1.807) is 6.07 Å². The first-order chi connectivity index (χ1) is 13.8. The van der Waals surface area contributed by atoms with E-state index in [0.29, 0.717) is 49.7 Å². The molecule has 5 N–H and O–H groups in total. The van der Waals surface area contributed by atoms with E-state index in [4.69, 9.17) is 5.73 Å². The van der Waals surface area contributed by atoms with Crippen LogP contribution in [0.5, 0.6) is 0 Å². The van der Waals surface area contributed by atoms with Crippen LogP contribution < -0.4 is 21.7 Å². The molecule has 0 aliphatic carbocycles. The monoisotopic (exact) mass is 410 g/mol. The molecule has 29 heavy (non-hydrogen) atoms. The second-order valence-corrected chi connectivity index (χ2v) is 6.35. The third-order valence-corrected chi connectivity index (χ3v) is 4.07. The Balaban J connectivity index is 1.67. The fourth-order valence-corrected chi connectivity index (χ4v) is 2.54. The standard InChI is InChI=1S/C19H25F3N6O/c1-2-25-18(29)14-10-15(17(23)28-12-14)26-8-3-7-24-9-6-13-4-5-16(27-11-13)19(20,21)22/h4-5,10-12,24,26H,2-3,6-9H2,1H3,(H2,23,28)(H,25,29). The molecular weight excluding hydrogens is 385 g/mol. The summed E-state index contributed by atoms with van der Waals surface area (Å²) in [6.07, 6.45) is -0.352. The number of nitrogen functional groups attached to an aromatic ring is 1. The van der Waals surface area contributed by atoms with Gasteiger partial charge in [0.1, 0.15) is 11.5 Å². The van der Waals surface area contributed by atoms with Crippen LogP contribution in [0.4, 0.5) is 24.7 Å². The molecule has 0 unspecified atom stereocenters. The summed E-state index contributed by atoms with van der Waals surface area (Å²) in [5.41, 5.74) is 6.73. The minimum atomic E-state index is -4.41. The molecule has 0 saturated carbocycles. The lowest BCUT2D eigenvalue weighted by Crippen LogP contribution is -2.23. The van der Waals surface area contributed by atoms with Gasteiger partial charge in [0.05, 0.1) is 11.3 Å². The number of hydrogen-bond donors (Lipinski definition) is 4. The molecule has 1 amide bonds. The number of hydrogen-bond acceptors (Lipinski definition) is 6. The smallest absolute Gasteiger partial charge is 0.382 e. The van der Waals surface area contributed by atoms with Crippen molar-refractivity contribution in [2.45, 2.75) is 25.9 Å². The molecule has 0 saturated heterocycles. The number of rotatable bonds is 10. The van der Waals surface area contributed by atoms with Crippen LogP contribution >= 0.6 is 0 Å². The van der Waals surface area contributed by atoms with Gasteiger partial charge < -0.3 is 21.7 Å². The zero-order valence-electron chi connectivity index (χ0n) is 16.1. The van der Waals surface area contributed by atoms with Crippen LogP contribution in [0.1, 0.15) is 35.0 Å². The summed E-state index contributed by atoms with van der Waals surface area (Å²) in [6, 6.07) is 4.10. The molecule has 0 spiro atoms. The minimum Gasteiger partial charge on any atom is -0.382 e. The number of aromatic nitrogens is 2. The van der Waals surface area contributed by atoms with Crippen molar-refractivity contribution >= 4 is 17.4 Å². The molecule has 0 fully saturated rings. The van der Waals surface area contributed by atoms with E-state index in [2.05, 4.69) is 25.9 Å². The molecule has 10 heteroatoms. The average Bonchev–Trinajstić information content (AvgIpc) is 2.68. The van der Waals surface area contributed by atoms with Crippen molar-refractivity contribution in [3.05, 3.63) is 47.4 Å². The highest BCUT2D eigenvalue weighted by atomic mass is 19.4. The lowest BCUT2D eigenvalue weighted by atomic mass is 10.2. The number of carbonyl (C=O) groups excluding carboxylic acids is 1. The Bertz CT molecular complexity index is 796. The van der Waals surface area contributed by atoms with Crippen molar-refractivity contribution in [3.63, 3.8) is 0 Å². The first-order valence-corrected chi connectivity index (χ1v) is 9.31. The highest BCUT2D eigenvalue weighted by Gasteiger charge is 2.31. The number of nitrogens with one attached hydrogen (secondary N) is 3. The van der Waals surface area contributed by atoms with Crippen LogP contribution in [0.2, 0.25) is 0 Å². The number of nitrogens with zero attached hydrogens (tertiary/aromatic N) is 2. The number of anilines is 2. The maximum atomic E-state index is 12.5. The molecule has 0 atom stereocenters. The fraction of sp³-hybridized carbons (Fsp3) is 0.421. The maximum absolute atomic E-state index is 12.5. The maximum Gasteiger partial charge on any atom is 0.433 e. The Kier molecular flexibility index (Phi) is 8.20. The van der Waals surface area contributed by atoms with Crippen LogP contribution in [0.3, 0.4) is 0 Å². The predicted octanol–water partition coefficient (Wildman–Crippen LogP) is 2.46.